The van der Waals surface area contributed by atoms with Gasteiger partial charge >= 0.3 is 0 Å². The number of sulfonamides is 1. The van der Waals surface area contributed by atoms with Crippen LogP contribution < -0.4 is 14.5 Å². The predicted octanol–water partition coefficient (Wildman–Crippen LogP) is 5.72. The molecule has 1 amide bonds. The molecule has 0 saturated heterocycles. The number of hydrazone groups is 1. The van der Waals surface area contributed by atoms with Crippen LogP contribution in [0.1, 0.15) is 28.1 Å². The topological polar surface area (TPSA) is 93.0 Å². The van der Waals surface area contributed by atoms with Crippen molar-refractivity contribution in [1.29, 1.82) is 0 Å². The van der Waals surface area contributed by atoms with Crippen LogP contribution in [-0.2, 0) is 14.8 Å². The highest BCUT2D eigenvalue weighted by Gasteiger charge is 2.27. The lowest BCUT2D eigenvalue weighted by Gasteiger charge is -2.24. The fourth-order valence-corrected chi connectivity index (χ4v) is 6.01. The maximum absolute atomic E-state index is 13.6. The summed E-state index contributed by atoms with van der Waals surface area (Å²) in [5.74, 6) is -0.103. The SMILES string of the molecule is COc1ccc(S(=O)(=O)N(CC(=O)N/N=C\c2cc(C)n(-c3cc(C)ccc3C)c2C)c2cccc(Cl)c2)cc1. The molecule has 1 heterocycles. The van der Waals surface area contributed by atoms with Gasteiger partial charge in [0.15, 0.2) is 0 Å². The molecule has 4 rings (SSSR count). The fourth-order valence-electron chi connectivity index (χ4n) is 4.41. The molecule has 0 spiro atoms. The van der Waals surface area contributed by atoms with Crippen LogP contribution in [0.2, 0.25) is 5.02 Å². The van der Waals surface area contributed by atoms with Crippen LogP contribution in [0.5, 0.6) is 5.75 Å². The second-order valence-corrected chi connectivity index (χ2v) is 11.7. The third-order valence-electron chi connectivity index (χ3n) is 6.50. The number of hydrogen-bond donors (Lipinski definition) is 1. The highest BCUT2D eigenvalue weighted by Crippen LogP contribution is 2.27. The number of nitrogens with one attached hydrogen (secondary N) is 1. The summed E-state index contributed by atoms with van der Waals surface area (Å²) in [6.07, 6.45) is 1.56. The van der Waals surface area contributed by atoms with Gasteiger partial charge in [-0.25, -0.2) is 13.8 Å². The van der Waals surface area contributed by atoms with Crippen molar-refractivity contribution >= 4 is 39.4 Å². The Bertz CT molecular complexity index is 1680. The molecule has 0 aliphatic heterocycles. The molecule has 0 atom stereocenters. The summed E-state index contributed by atoms with van der Waals surface area (Å²) in [6, 6.07) is 20.5. The molecule has 8 nitrogen and oxygen atoms in total. The van der Waals surface area contributed by atoms with E-state index in [1.165, 1.54) is 25.3 Å². The minimum absolute atomic E-state index is 0.00320. The van der Waals surface area contributed by atoms with Gasteiger partial charge in [-0.3, -0.25) is 9.10 Å². The van der Waals surface area contributed by atoms with Gasteiger partial charge in [0, 0.05) is 27.7 Å². The summed E-state index contributed by atoms with van der Waals surface area (Å²) in [5.41, 5.74) is 8.92. The van der Waals surface area contributed by atoms with Crippen molar-refractivity contribution in [1.82, 2.24) is 9.99 Å². The minimum Gasteiger partial charge on any atom is -0.497 e. The van der Waals surface area contributed by atoms with Gasteiger partial charge in [-0.05, 0) is 93.4 Å². The molecule has 0 aliphatic carbocycles. The van der Waals surface area contributed by atoms with Crippen molar-refractivity contribution in [2.75, 3.05) is 18.0 Å². The number of carbonyl (C=O) groups excluding carboxylic acids is 1. The molecule has 1 N–H and O–H groups in total. The number of carbonyl (C=O) groups is 1. The first-order valence-corrected chi connectivity index (χ1v) is 14.3. The van der Waals surface area contributed by atoms with Gasteiger partial charge in [0.1, 0.15) is 12.3 Å². The van der Waals surface area contributed by atoms with Crippen molar-refractivity contribution in [3.05, 3.63) is 106 Å². The lowest BCUT2D eigenvalue weighted by atomic mass is 10.1. The number of anilines is 1. The summed E-state index contributed by atoms with van der Waals surface area (Å²) in [7, 11) is -2.62. The third kappa shape index (κ3) is 6.21. The maximum Gasteiger partial charge on any atom is 0.264 e. The van der Waals surface area contributed by atoms with E-state index in [1.807, 2.05) is 19.9 Å². The van der Waals surface area contributed by atoms with E-state index < -0.39 is 22.5 Å². The Hall–Kier alpha value is -4.08. The Morgan fingerprint density at radius 2 is 1.75 bits per heavy atom. The minimum atomic E-state index is -4.11. The van der Waals surface area contributed by atoms with Gasteiger partial charge in [0.25, 0.3) is 15.9 Å². The number of rotatable bonds is 9. The van der Waals surface area contributed by atoms with Gasteiger partial charge < -0.3 is 9.30 Å². The molecule has 0 aliphatic rings. The van der Waals surface area contributed by atoms with E-state index in [0.29, 0.717) is 10.8 Å². The zero-order valence-electron chi connectivity index (χ0n) is 23.0. The third-order valence-corrected chi connectivity index (χ3v) is 8.52. The van der Waals surface area contributed by atoms with Crippen LogP contribution >= 0.6 is 11.6 Å². The van der Waals surface area contributed by atoms with E-state index in [1.54, 1.807) is 36.5 Å². The van der Waals surface area contributed by atoms with E-state index in [-0.39, 0.29) is 10.6 Å². The number of methoxy groups -OCH3 is 1. The Labute approximate surface area is 239 Å². The molecule has 0 saturated carbocycles. The monoisotopic (exact) mass is 578 g/mol. The van der Waals surface area contributed by atoms with Crippen LogP contribution in [0.25, 0.3) is 5.69 Å². The smallest absolute Gasteiger partial charge is 0.264 e. The Morgan fingerprint density at radius 1 is 1.02 bits per heavy atom. The van der Waals surface area contributed by atoms with Gasteiger partial charge in [-0.1, -0.05) is 29.8 Å². The second kappa shape index (κ2) is 12.0. The predicted molar refractivity (Wildman–Crippen MR) is 159 cm³/mol. The number of halogens is 1. The molecule has 3 aromatic carbocycles. The second-order valence-electron chi connectivity index (χ2n) is 9.41. The number of nitrogens with zero attached hydrogens (tertiary/aromatic N) is 3. The first-order valence-electron chi connectivity index (χ1n) is 12.5. The molecule has 4 aromatic rings. The van der Waals surface area contributed by atoms with Crippen molar-refractivity contribution in [2.45, 2.75) is 32.6 Å². The molecule has 0 bridgehead atoms. The number of ether oxygens (including phenoxy) is 1. The highest BCUT2D eigenvalue weighted by atomic mass is 35.5. The molecule has 0 radical (unpaired) electrons. The van der Waals surface area contributed by atoms with Gasteiger partial charge in [0.05, 0.1) is 23.9 Å². The molecule has 40 heavy (non-hydrogen) atoms. The number of hydrogen-bond acceptors (Lipinski definition) is 5. The average molecular weight is 579 g/mol. The van der Waals surface area contributed by atoms with E-state index in [9.17, 15) is 13.2 Å². The standard InChI is InChI=1S/C30H31ClN4O4S/c1-20-9-10-21(2)29(15-20)35-22(3)16-24(23(35)4)18-32-33-30(36)19-34(26-8-6-7-25(31)17-26)40(37,38)28-13-11-27(39-5)12-14-28/h6-18H,19H2,1-5H3,(H,33,36)/b32-18-. The van der Waals surface area contributed by atoms with E-state index >= 15 is 0 Å². The van der Waals surface area contributed by atoms with Gasteiger partial charge in [-0.15, -0.1) is 0 Å². The lowest BCUT2D eigenvalue weighted by molar-refractivity contribution is -0.119. The molecular weight excluding hydrogens is 548 g/mol. The van der Waals surface area contributed by atoms with Crippen molar-refractivity contribution in [2.24, 2.45) is 5.10 Å². The molecular formula is C30H31ClN4O4S. The molecule has 1 aromatic heterocycles. The zero-order valence-corrected chi connectivity index (χ0v) is 24.5. The molecule has 0 unspecified atom stereocenters. The first kappa shape index (κ1) is 28.9. The number of benzene rings is 3. The summed E-state index contributed by atoms with van der Waals surface area (Å²) in [5, 5.41) is 4.47. The zero-order chi connectivity index (χ0) is 29.0. The highest BCUT2D eigenvalue weighted by molar-refractivity contribution is 7.92. The quantitative estimate of drug-likeness (QED) is 0.203. The Balaban J connectivity index is 1.57. The van der Waals surface area contributed by atoms with Gasteiger partial charge in [0.2, 0.25) is 0 Å². The van der Waals surface area contributed by atoms with Gasteiger partial charge in [-0.2, -0.15) is 5.10 Å². The van der Waals surface area contributed by atoms with Crippen LogP contribution in [0.3, 0.4) is 0 Å². The number of amides is 1. The van der Waals surface area contributed by atoms with E-state index in [2.05, 4.69) is 47.1 Å². The average Bonchev–Trinajstić information content (AvgIpc) is 3.20. The van der Waals surface area contributed by atoms with Crippen molar-refractivity contribution in [3.8, 4) is 11.4 Å². The summed E-state index contributed by atoms with van der Waals surface area (Å²) in [4.78, 5) is 13.0. The van der Waals surface area contributed by atoms with Crippen molar-refractivity contribution < 1.29 is 17.9 Å². The van der Waals surface area contributed by atoms with Crippen LogP contribution in [0.4, 0.5) is 5.69 Å². The molecule has 208 valence electrons. The van der Waals surface area contributed by atoms with Crippen LogP contribution in [0, 0.1) is 27.7 Å². The summed E-state index contributed by atoms with van der Waals surface area (Å²) < 4.78 is 35.4. The summed E-state index contributed by atoms with van der Waals surface area (Å²) in [6.45, 7) is 7.61. The normalized spacial score (nSPS) is 11.6. The van der Waals surface area contributed by atoms with E-state index in [4.69, 9.17) is 16.3 Å². The van der Waals surface area contributed by atoms with E-state index in [0.717, 1.165) is 38.1 Å². The largest absolute Gasteiger partial charge is 0.497 e. The Morgan fingerprint density at radius 3 is 2.42 bits per heavy atom. The molecule has 10 heteroatoms. The first-order chi connectivity index (χ1) is 19.0. The Kier molecular flexibility index (Phi) is 8.66. The van der Waals surface area contributed by atoms with Crippen molar-refractivity contribution in [3.63, 3.8) is 0 Å². The number of aromatic nitrogens is 1. The molecule has 0 fully saturated rings. The lowest BCUT2D eigenvalue weighted by Crippen LogP contribution is -2.39. The maximum atomic E-state index is 13.6. The summed E-state index contributed by atoms with van der Waals surface area (Å²) >= 11 is 6.14. The van der Waals surface area contributed by atoms with Crippen LogP contribution in [-0.4, -0.2) is 38.8 Å². The van der Waals surface area contributed by atoms with Crippen LogP contribution in [0.15, 0.2) is 82.8 Å². The fraction of sp³-hybridized carbons (Fsp3) is 0.200. The number of aryl methyl sites for hydroxylation is 3.